The number of hydrogen-bond donors (Lipinski definition) is 2. The highest BCUT2D eigenvalue weighted by atomic mass is 16.5. The van der Waals surface area contributed by atoms with Gasteiger partial charge in [-0.2, -0.15) is 0 Å². The number of fused-ring (bicyclic) bond motifs is 1. The lowest BCUT2D eigenvalue weighted by Crippen LogP contribution is -2.29. The highest BCUT2D eigenvalue weighted by Gasteiger charge is 2.47. The van der Waals surface area contributed by atoms with Crippen molar-refractivity contribution in [2.75, 3.05) is 37.1 Å². The first kappa shape index (κ1) is 22.3. The van der Waals surface area contributed by atoms with Crippen molar-refractivity contribution in [2.24, 2.45) is 0 Å². The maximum atomic E-state index is 13.3. The van der Waals surface area contributed by atoms with E-state index < -0.39 is 17.7 Å². The monoisotopic (exact) mass is 472 g/mol. The molecule has 178 valence electrons. The molecular weight excluding hydrogens is 448 g/mol. The first-order valence-electron chi connectivity index (χ1n) is 11.1. The number of Topliss-reactive ketones (excluding diaryl/α,β-unsaturated/α-hetero) is 1. The average molecular weight is 472 g/mol. The zero-order valence-electron chi connectivity index (χ0n) is 19.3. The lowest BCUT2D eigenvalue weighted by Gasteiger charge is -2.28. The summed E-state index contributed by atoms with van der Waals surface area (Å²) >= 11 is 0. The van der Waals surface area contributed by atoms with Crippen LogP contribution in [-0.4, -0.2) is 49.2 Å². The molecule has 0 aromatic heterocycles. The standard InChI is InChI=1S/C27H24N2O6/c1-28-12-13-35-22-11-8-17(14-21(22)28)25(31)23-24(16-6-9-19(30)10-7-16)29(27(33)26(23)32)18-4-3-5-20(15-18)34-2/h3-11,14-15,24,30-31H,12-13H2,1-2H3/b25-23-. The molecule has 8 heteroatoms. The van der Waals surface area contributed by atoms with Crippen molar-refractivity contribution in [3.8, 4) is 17.2 Å². The second-order valence-electron chi connectivity index (χ2n) is 8.41. The predicted molar refractivity (Wildman–Crippen MR) is 131 cm³/mol. The third-order valence-electron chi connectivity index (χ3n) is 6.31. The number of methoxy groups -OCH3 is 1. The van der Waals surface area contributed by atoms with Crippen LogP contribution in [0.3, 0.4) is 0 Å². The van der Waals surface area contributed by atoms with Crippen LogP contribution >= 0.6 is 0 Å². The normalized spacial score (nSPS) is 18.9. The molecule has 35 heavy (non-hydrogen) atoms. The highest BCUT2D eigenvalue weighted by Crippen LogP contribution is 2.44. The number of amides is 1. The van der Waals surface area contributed by atoms with Gasteiger partial charge in [0.15, 0.2) is 0 Å². The summed E-state index contributed by atoms with van der Waals surface area (Å²) in [5, 5.41) is 21.2. The van der Waals surface area contributed by atoms with Gasteiger partial charge in [0.05, 0.1) is 31.0 Å². The van der Waals surface area contributed by atoms with Crippen LogP contribution in [0.15, 0.2) is 72.3 Å². The summed E-state index contributed by atoms with van der Waals surface area (Å²) in [7, 11) is 3.44. The molecule has 8 nitrogen and oxygen atoms in total. The van der Waals surface area contributed by atoms with Gasteiger partial charge in [-0.1, -0.05) is 18.2 Å². The number of aliphatic hydroxyl groups excluding tert-OH is 1. The molecule has 0 bridgehead atoms. The minimum absolute atomic E-state index is 0.0390. The zero-order valence-corrected chi connectivity index (χ0v) is 19.3. The van der Waals surface area contributed by atoms with Crippen molar-refractivity contribution in [3.05, 3.63) is 83.4 Å². The number of ether oxygens (including phenoxy) is 2. The molecule has 1 amide bonds. The fourth-order valence-electron chi connectivity index (χ4n) is 4.48. The van der Waals surface area contributed by atoms with Crippen molar-refractivity contribution in [1.82, 2.24) is 0 Å². The summed E-state index contributed by atoms with van der Waals surface area (Å²) in [5.41, 5.74) is 2.15. The highest BCUT2D eigenvalue weighted by molar-refractivity contribution is 6.51. The SMILES string of the molecule is COc1cccc(N2C(=O)C(=O)/C(=C(\O)c3ccc4c(c3)N(C)CCO4)C2c2ccc(O)cc2)c1. The minimum Gasteiger partial charge on any atom is -0.508 e. The van der Waals surface area contributed by atoms with Gasteiger partial charge >= 0.3 is 0 Å². The Kier molecular flexibility index (Phi) is 5.56. The number of anilines is 2. The van der Waals surface area contributed by atoms with E-state index in [1.54, 1.807) is 54.6 Å². The summed E-state index contributed by atoms with van der Waals surface area (Å²) in [6, 6.07) is 17.3. The average Bonchev–Trinajstić information content (AvgIpc) is 3.14. The number of benzene rings is 3. The first-order chi connectivity index (χ1) is 16.9. The molecular formula is C27H24N2O6. The van der Waals surface area contributed by atoms with Gasteiger partial charge < -0.3 is 24.6 Å². The lowest BCUT2D eigenvalue weighted by molar-refractivity contribution is -0.132. The Balaban J connectivity index is 1.69. The summed E-state index contributed by atoms with van der Waals surface area (Å²) in [6.45, 7) is 1.24. The molecule has 3 aromatic rings. The van der Waals surface area contributed by atoms with E-state index in [9.17, 15) is 19.8 Å². The van der Waals surface area contributed by atoms with Crippen LogP contribution in [0.2, 0.25) is 0 Å². The lowest BCUT2D eigenvalue weighted by atomic mass is 9.94. The van der Waals surface area contributed by atoms with Crippen LogP contribution in [0.5, 0.6) is 17.2 Å². The Labute approximate surface area is 202 Å². The summed E-state index contributed by atoms with van der Waals surface area (Å²) in [5.74, 6) is -0.603. The van der Waals surface area contributed by atoms with Gasteiger partial charge in [-0.15, -0.1) is 0 Å². The smallest absolute Gasteiger partial charge is 0.300 e. The molecule has 0 radical (unpaired) electrons. The minimum atomic E-state index is -0.910. The number of ketones is 1. The third kappa shape index (κ3) is 3.82. The molecule has 5 rings (SSSR count). The first-order valence-corrected chi connectivity index (χ1v) is 11.1. The van der Waals surface area contributed by atoms with E-state index in [-0.39, 0.29) is 17.1 Å². The van der Waals surface area contributed by atoms with Gasteiger partial charge in [0.25, 0.3) is 11.7 Å². The molecule has 2 aliphatic rings. The molecule has 0 saturated carbocycles. The molecule has 1 unspecified atom stereocenters. The molecule has 2 N–H and O–H groups in total. The van der Waals surface area contributed by atoms with E-state index in [2.05, 4.69) is 0 Å². The van der Waals surface area contributed by atoms with E-state index in [0.717, 1.165) is 5.69 Å². The zero-order chi connectivity index (χ0) is 24.7. The van der Waals surface area contributed by atoms with Crippen LogP contribution in [0.1, 0.15) is 17.2 Å². The van der Waals surface area contributed by atoms with Crippen LogP contribution in [0.4, 0.5) is 11.4 Å². The van der Waals surface area contributed by atoms with E-state index >= 15 is 0 Å². The van der Waals surface area contributed by atoms with Gasteiger partial charge in [0.1, 0.15) is 29.6 Å². The van der Waals surface area contributed by atoms with Gasteiger partial charge in [-0.05, 0) is 48.0 Å². The second kappa shape index (κ2) is 8.72. The second-order valence-corrected chi connectivity index (χ2v) is 8.41. The van der Waals surface area contributed by atoms with Crippen LogP contribution in [0.25, 0.3) is 5.76 Å². The topological polar surface area (TPSA) is 99.5 Å². The van der Waals surface area contributed by atoms with Crippen molar-refractivity contribution in [2.45, 2.75) is 6.04 Å². The fraction of sp³-hybridized carbons (Fsp3) is 0.185. The van der Waals surface area contributed by atoms with Gasteiger partial charge in [-0.3, -0.25) is 14.5 Å². The molecule has 0 spiro atoms. The number of likely N-dealkylation sites (N-methyl/N-ethyl adjacent to an activating group) is 1. The number of phenolic OH excluding ortho intramolecular Hbond substituents is 1. The Morgan fingerprint density at radius 1 is 1.06 bits per heavy atom. The number of aromatic hydroxyl groups is 1. The van der Waals surface area contributed by atoms with Gasteiger partial charge in [0.2, 0.25) is 0 Å². The molecule has 1 saturated heterocycles. The summed E-state index contributed by atoms with van der Waals surface area (Å²) in [6.07, 6.45) is 0. The number of carbonyl (C=O) groups is 2. The largest absolute Gasteiger partial charge is 0.508 e. The van der Waals surface area contributed by atoms with E-state index in [4.69, 9.17) is 9.47 Å². The van der Waals surface area contributed by atoms with Crippen molar-refractivity contribution in [3.63, 3.8) is 0 Å². The number of carbonyl (C=O) groups excluding carboxylic acids is 2. The predicted octanol–water partition coefficient (Wildman–Crippen LogP) is 3.86. The number of nitrogens with zero attached hydrogens (tertiary/aromatic N) is 2. The van der Waals surface area contributed by atoms with E-state index in [1.165, 1.54) is 24.1 Å². The molecule has 2 heterocycles. The number of hydrogen-bond acceptors (Lipinski definition) is 7. The third-order valence-corrected chi connectivity index (χ3v) is 6.31. The summed E-state index contributed by atoms with van der Waals surface area (Å²) < 4.78 is 11.0. The maximum absolute atomic E-state index is 13.3. The van der Waals surface area contributed by atoms with Crippen LogP contribution < -0.4 is 19.3 Å². The molecule has 1 fully saturated rings. The molecule has 2 aliphatic heterocycles. The molecule has 1 atom stereocenters. The van der Waals surface area contributed by atoms with Crippen LogP contribution in [-0.2, 0) is 9.59 Å². The van der Waals surface area contributed by atoms with E-state index in [1.807, 2.05) is 11.9 Å². The number of rotatable bonds is 4. The molecule has 0 aliphatic carbocycles. The van der Waals surface area contributed by atoms with E-state index in [0.29, 0.717) is 41.5 Å². The van der Waals surface area contributed by atoms with Crippen molar-refractivity contribution < 1.29 is 29.3 Å². The Hall–Kier alpha value is -4.46. The fourth-order valence-corrected chi connectivity index (χ4v) is 4.48. The summed E-state index contributed by atoms with van der Waals surface area (Å²) in [4.78, 5) is 30.0. The van der Waals surface area contributed by atoms with Crippen molar-refractivity contribution >= 4 is 28.8 Å². The van der Waals surface area contributed by atoms with Crippen molar-refractivity contribution in [1.29, 1.82) is 0 Å². The quantitative estimate of drug-likeness (QED) is 0.338. The maximum Gasteiger partial charge on any atom is 0.300 e. The Bertz CT molecular complexity index is 1350. The van der Waals surface area contributed by atoms with Crippen LogP contribution in [0, 0.1) is 0 Å². The van der Waals surface area contributed by atoms with Gasteiger partial charge in [-0.25, -0.2) is 0 Å². The number of aliphatic hydroxyl groups is 1. The Morgan fingerprint density at radius 3 is 2.57 bits per heavy atom. The van der Waals surface area contributed by atoms with Gasteiger partial charge in [0, 0.05) is 24.4 Å². The molecule has 3 aromatic carbocycles. The Morgan fingerprint density at radius 2 is 1.83 bits per heavy atom. The number of phenols is 1.